The molecule has 32 heavy (non-hydrogen) atoms. The van der Waals surface area contributed by atoms with E-state index in [4.69, 9.17) is 14.2 Å². The van der Waals surface area contributed by atoms with Gasteiger partial charge in [-0.1, -0.05) is 32.0 Å². The van der Waals surface area contributed by atoms with E-state index < -0.39 is 0 Å². The van der Waals surface area contributed by atoms with Gasteiger partial charge < -0.3 is 19.5 Å². The Bertz CT molecular complexity index is 892. The molecule has 4 nitrogen and oxygen atoms in total. The Kier molecular flexibility index (Phi) is 7.37. The Morgan fingerprint density at radius 1 is 1.06 bits per heavy atom. The molecule has 1 heterocycles. The summed E-state index contributed by atoms with van der Waals surface area (Å²) in [4.78, 5) is 0. The van der Waals surface area contributed by atoms with Crippen LogP contribution < -0.4 is 14.8 Å². The highest BCUT2D eigenvalue weighted by Gasteiger charge is 2.27. The Labute approximate surface area is 191 Å². The summed E-state index contributed by atoms with van der Waals surface area (Å²) >= 11 is 0. The van der Waals surface area contributed by atoms with Crippen molar-refractivity contribution in [2.75, 3.05) is 20.3 Å². The van der Waals surface area contributed by atoms with E-state index in [1.807, 2.05) is 24.3 Å². The summed E-state index contributed by atoms with van der Waals surface area (Å²) in [5.74, 6) is 1.55. The summed E-state index contributed by atoms with van der Waals surface area (Å²) in [7, 11) is 1.76. The molecule has 1 atom stereocenters. The summed E-state index contributed by atoms with van der Waals surface area (Å²) in [5, 5.41) is 3.71. The fraction of sp³-hybridized carbons (Fsp3) is 0.556. The second-order valence-corrected chi connectivity index (χ2v) is 10.0. The van der Waals surface area contributed by atoms with E-state index in [2.05, 4.69) is 25.2 Å². The smallest absolute Gasteiger partial charge is 0.130 e. The van der Waals surface area contributed by atoms with Crippen LogP contribution in [0.15, 0.2) is 42.5 Å². The zero-order chi connectivity index (χ0) is 22.6. The van der Waals surface area contributed by atoms with Crippen LogP contribution in [0, 0.1) is 11.2 Å². The first-order valence-electron chi connectivity index (χ1n) is 11.9. The lowest BCUT2D eigenvalue weighted by molar-refractivity contribution is 0.0942. The van der Waals surface area contributed by atoms with E-state index in [0.717, 1.165) is 68.7 Å². The Morgan fingerprint density at radius 3 is 2.59 bits per heavy atom. The van der Waals surface area contributed by atoms with Gasteiger partial charge in [-0.3, -0.25) is 0 Å². The molecule has 0 bridgehead atoms. The standard InChI is InChI=1S/C27H36FNO3/c1-27(2,18-30-3)17-29-20-9-11-21(12-10-20)31-22-13-15-25-19(16-22)8-14-26(32-25)23-6-4-5-7-24(23)28/h4-7,13,15-16,20-21,26,29H,8-12,14,17-18H2,1-3H3. The number of aryl methyl sites for hydroxylation is 1. The number of halogens is 1. The fourth-order valence-corrected chi connectivity index (χ4v) is 4.83. The molecule has 0 amide bonds. The highest BCUT2D eigenvalue weighted by molar-refractivity contribution is 5.42. The predicted octanol–water partition coefficient (Wildman–Crippen LogP) is 5.84. The minimum Gasteiger partial charge on any atom is -0.490 e. The lowest BCUT2D eigenvalue weighted by atomic mass is 9.90. The summed E-state index contributed by atoms with van der Waals surface area (Å²) < 4.78 is 31.9. The molecule has 174 valence electrons. The molecule has 0 spiro atoms. The number of ether oxygens (including phenoxy) is 3. The molecule has 4 rings (SSSR count). The van der Waals surface area contributed by atoms with Crippen molar-refractivity contribution in [3.05, 3.63) is 59.4 Å². The van der Waals surface area contributed by atoms with Crippen molar-refractivity contribution >= 4 is 0 Å². The summed E-state index contributed by atoms with van der Waals surface area (Å²) in [6.45, 7) is 6.20. The average Bonchev–Trinajstić information content (AvgIpc) is 2.79. The van der Waals surface area contributed by atoms with Gasteiger partial charge in [-0.15, -0.1) is 0 Å². The van der Waals surface area contributed by atoms with Crippen molar-refractivity contribution in [3.8, 4) is 11.5 Å². The van der Waals surface area contributed by atoms with E-state index in [9.17, 15) is 4.39 Å². The average molecular weight is 442 g/mol. The first-order chi connectivity index (χ1) is 15.4. The van der Waals surface area contributed by atoms with Crippen molar-refractivity contribution in [3.63, 3.8) is 0 Å². The van der Waals surface area contributed by atoms with Crippen LogP contribution in [0.3, 0.4) is 0 Å². The molecule has 2 aromatic carbocycles. The fourth-order valence-electron chi connectivity index (χ4n) is 4.83. The normalized spacial score (nSPS) is 23.3. The molecule has 1 fully saturated rings. The summed E-state index contributed by atoms with van der Waals surface area (Å²) in [6.07, 6.45) is 6.04. The number of methoxy groups -OCH3 is 1. The van der Waals surface area contributed by atoms with Crippen LogP contribution in [0.1, 0.15) is 63.2 Å². The second kappa shape index (κ2) is 10.2. The van der Waals surface area contributed by atoms with Gasteiger partial charge >= 0.3 is 0 Å². The summed E-state index contributed by atoms with van der Waals surface area (Å²) in [6, 6.07) is 13.5. The van der Waals surface area contributed by atoms with Crippen molar-refractivity contribution in [1.29, 1.82) is 0 Å². The van der Waals surface area contributed by atoms with Crippen molar-refractivity contribution in [2.24, 2.45) is 5.41 Å². The van der Waals surface area contributed by atoms with Crippen LogP contribution >= 0.6 is 0 Å². The molecule has 1 aliphatic carbocycles. The van der Waals surface area contributed by atoms with Gasteiger partial charge in [0.1, 0.15) is 23.4 Å². The maximum Gasteiger partial charge on any atom is 0.130 e. The second-order valence-electron chi connectivity index (χ2n) is 10.0. The minimum atomic E-state index is -0.230. The van der Waals surface area contributed by atoms with Crippen LogP contribution in [0.4, 0.5) is 4.39 Å². The maximum atomic E-state index is 14.1. The number of nitrogens with one attached hydrogen (secondary N) is 1. The van der Waals surface area contributed by atoms with Crippen LogP contribution in [-0.4, -0.2) is 32.4 Å². The topological polar surface area (TPSA) is 39.7 Å². The van der Waals surface area contributed by atoms with Gasteiger partial charge in [-0.2, -0.15) is 0 Å². The molecule has 5 heteroatoms. The zero-order valence-electron chi connectivity index (χ0n) is 19.5. The Morgan fingerprint density at radius 2 is 1.84 bits per heavy atom. The molecule has 1 N–H and O–H groups in total. The van der Waals surface area contributed by atoms with Gasteiger partial charge in [-0.05, 0) is 68.4 Å². The number of fused-ring (bicyclic) bond motifs is 1. The largest absolute Gasteiger partial charge is 0.490 e. The van der Waals surface area contributed by atoms with Crippen LogP contribution in [0.5, 0.6) is 11.5 Å². The van der Waals surface area contributed by atoms with Gasteiger partial charge in [0.15, 0.2) is 0 Å². The van der Waals surface area contributed by atoms with Crippen molar-refractivity contribution < 1.29 is 18.6 Å². The van der Waals surface area contributed by atoms with Gasteiger partial charge in [0, 0.05) is 30.7 Å². The molecule has 0 saturated heterocycles. The third-order valence-corrected chi connectivity index (χ3v) is 6.61. The quantitative estimate of drug-likeness (QED) is 0.558. The van der Waals surface area contributed by atoms with E-state index in [0.29, 0.717) is 11.6 Å². The van der Waals surface area contributed by atoms with E-state index >= 15 is 0 Å². The summed E-state index contributed by atoms with van der Waals surface area (Å²) in [5.41, 5.74) is 1.93. The molecule has 2 aromatic rings. The maximum absolute atomic E-state index is 14.1. The highest BCUT2D eigenvalue weighted by Crippen LogP contribution is 2.38. The first kappa shape index (κ1) is 23.1. The number of benzene rings is 2. The SMILES string of the molecule is COCC(C)(C)CNC1CCC(Oc2ccc3c(c2)CCC(c2ccccc2F)O3)CC1. The van der Waals surface area contributed by atoms with E-state index in [1.54, 1.807) is 13.2 Å². The molecule has 1 saturated carbocycles. The molecule has 1 unspecified atom stereocenters. The van der Waals surface area contributed by atoms with Gasteiger partial charge in [0.25, 0.3) is 0 Å². The highest BCUT2D eigenvalue weighted by atomic mass is 19.1. The zero-order valence-corrected chi connectivity index (χ0v) is 19.5. The predicted molar refractivity (Wildman–Crippen MR) is 125 cm³/mol. The third kappa shape index (κ3) is 5.81. The van der Waals surface area contributed by atoms with E-state index in [-0.39, 0.29) is 23.4 Å². The van der Waals surface area contributed by atoms with Gasteiger partial charge in [-0.25, -0.2) is 4.39 Å². The lowest BCUT2D eigenvalue weighted by Gasteiger charge is -2.33. The number of hydrogen-bond acceptors (Lipinski definition) is 4. The molecule has 0 radical (unpaired) electrons. The third-order valence-electron chi connectivity index (χ3n) is 6.61. The monoisotopic (exact) mass is 441 g/mol. The van der Waals surface area contributed by atoms with Crippen molar-refractivity contribution in [2.45, 2.75) is 70.6 Å². The molecular weight excluding hydrogens is 405 g/mol. The Hall–Kier alpha value is -2.11. The first-order valence-corrected chi connectivity index (χ1v) is 11.9. The number of rotatable bonds is 8. The Balaban J connectivity index is 1.28. The molecular formula is C27H36FNO3. The molecule has 1 aliphatic heterocycles. The van der Waals surface area contributed by atoms with Gasteiger partial charge in [0.05, 0.1) is 12.7 Å². The van der Waals surface area contributed by atoms with Crippen LogP contribution in [0.2, 0.25) is 0 Å². The van der Waals surface area contributed by atoms with Crippen LogP contribution in [0.25, 0.3) is 0 Å². The number of hydrogen-bond donors (Lipinski definition) is 1. The van der Waals surface area contributed by atoms with E-state index in [1.165, 1.54) is 6.07 Å². The molecule has 0 aromatic heterocycles. The minimum absolute atomic E-state index is 0.151. The van der Waals surface area contributed by atoms with Gasteiger partial charge in [0.2, 0.25) is 0 Å². The van der Waals surface area contributed by atoms with Crippen LogP contribution in [-0.2, 0) is 11.2 Å². The van der Waals surface area contributed by atoms with Crippen molar-refractivity contribution in [1.82, 2.24) is 5.32 Å². The molecule has 2 aliphatic rings. The lowest BCUT2D eigenvalue weighted by Crippen LogP contribution is -2.42.